The van der Waals surface area contributed by atoms with E-state index in [1.54, 1.807) is 12.1 Å². The summed E-state index contributed by atoms with van der Waals surface area (Å²) < 4.78 is 5.73. The Bertz CT molecular complexity index is 1130. The van der Waals surface area contributed by atoms with Crippen LogP contribution in [0.1, 0.15) is 28.5 Å². The summed E-state index contributed by atoms with van der Waals surface area (Å²) in [4.78, 5) is 26.3. The van der Waals surface area contributed by atoms with Crippen molar-refractivity contribution >= 4 is 17.7 Å². The van der Waals surface area contributed by atoms with Gasteiger partial charge in [-0.05, 0) is 39.9 Å². The van der Waals surface area contributed by atoms with Crippen molar-refractivity contribution in [2.75, 3.05) is 25.4 Å². The van der Waals surface area contributed by atoms with Crippen molar-refractivity contribution in [2.45, 2.75) is 11.8 Å². The molecule has 3 aromatic rings. The number of aliphatic carboxylic acids is 1. The van der Waals surface area contributed by atoms with Gasteiger partial charge in [-0.25, -0.2) is 4.79 Å². The molecule has 3 aromatic carbocycles. The van der Waals surface area contributed by atoms with Crippen LogP contribution in [0.5, 0.6) is 0 Å². The van der Waals surface area contributed by atoms with E-state index in [2.05, 4.69) is 24.3 Å². The highest BCUT2D eigenvalue weighted by molar-refractivity contribution is 5.79. The predicted molar refractivity (Wildman–Crippen MR) is 121 cm³/mol. The molecule has 2 aliphatic rings. The number of benzene rings is 3. The van der Waals surface area contributed by atoms with Gasteiger partial charge >= 0.3 is 12.1 Å². The van der Waals surface area contributed by atoms with E-state index in [-0.39, 0.29) is 25.0 Å². The number of carbonyl (C=O) groups excluding carboxylic acids is 1. The highest BCUT2D eigenvalue weighted by Gasteiger charge is 2.41. The first-order valence-electron chi connectivity index (χ1n) is 10.7. The van der Waals surface area contributed by atoms with Crippen LogP contribution in [0.4, 0.5) is 10.5 Å². The van der Waals surface area contributed by atoms with E-state index in [1.165, 1.54) is 16.0 Å². The molecule has 1 amide bonds. The van der Waals surface area contributed by atoms with Crippen molar-refractivity contribution in [3.05, 3.63) is 89.5 Å². The fraction of sp³-hybridized carbons (Fsp3) is 0.231. The number of nitrogens with two attached hydrogens (primary N) is 1. The number of nitrogens with zero attached hydrogens (tertiary/aromatic N) is 1. The molecular weight excluding hydrogens is 404 g/mol. The van der Waals surface area contributed by atoms with Crippen molar-refractivity contribution in [3.8, 4) is 11.1 Å². The number of likely N-dealkylation sites (tertiary alicyclic amines) is 1. The number of carboxylic acids is 1. The largest absolute Gasteiger partial charge is 0.481 e. The lowest BCUT2D eigenvalue weighted by molar-refractivity contribution is -0.141. The Morgan fingerprint density at radius 3 is 2.09 bits per heavy atom. The van der Waals surface area contributed by atoms with Crippen LogP contribution in [0.15, 0.2) is 72.8 Å². The van der Waals surface area contributed by atoms with Gasteiger partial charge in [0.2, 0.25) is 0 Å². The summed E-state index contributed by atoms with van der Waals surface area (Å²) in [5.74, 6) is -1.93. The molecule has 5 rings (SSSR count). The molecule has 3 N–H and O–H groups in total. The molecule has 162 valence electrons. The van der Waals surface area contributed by atoms with Crippen LogP contribution < -0.4 is 5.73 Å². The minimum absolute atomic E-state index is 0.0304. The lowest BCUT2D eigenvalue weighted by Crippen LogP contribution is -2.31. The molecule has 1 aliphatic carbocycles. The number of carbonyl (C=O) groups is 2. The number of hydrogen-bond acceptors (Lipinski definition) is 4. The molecular formula is C26H24N2O4. The zero-order valence-electron chi connectivity index (χ0n) is 17.5. The molecule has 2 atom stereocenters. The molecule has 6 heteroatoms. The van der Waals surface area contributed by atoms with Gasteiger partial charge in [0.05, 0.1) is 5.92 Å². The monoisotopic (exact) mass is 428 g/mol. The minimum atomic E-state index is -0.916. The molecule has 0 aromatic heterocycles. The SMILES string of the molecule is Nc1ccc([C@@H]2CN(C(=O)OCC3c4ccccc4-c4ccccc43)C[C@H]2C(=O)O)cc1. The third-order valence-electron chi connectivity index (χ3n) is 6.60. The maximum absolute atomic E-state index is 12.9. The van der Waals surface area contributed by atoms with Crippen molar-refractivity contribution in [3.63, 3.8) is 0 Å². The highest BCUT2D eigenvalue weighted by Crippen LogP contribution is 2.44. The van der Waals surface area contributed by atoms with E-state index < -0.39 is 18.0 Å². The number of amides is 1. The van der Waals surface area contributed by atoms with Crippen molar-refractivity contribution in [2.24, 2.45) is 5.92 Å². The fourth-order valence-electron chi connectivity index (χ4n) is 4.97. The maximum Gasteiger partial charge on any atom is 0.409 e. The Balaban J connectivity index is 1.32. The summed E-state index contributed by atoms with van der Waals surface area (Å²) in [6, 6.07) is 23.5. The lowest BCUT2D eigenvalue weighted by Gasteiger charge is -2.19. The summed E-state index contributed by atoms with van der Waals surface area (Å²) in [6.07, 6.45) is -0.476. The number of nitrogen functional groups attached to an aromatic ring is 1. The molecule has 0 saturated carbocycles. The lowest BCUT2D eigenvalue weighted by atomic mass is 9.89. The highest BCUT2D eigenvalue weighted by atomic mass is 16.6. The quantitative estimate of drug-likeness (QED) is 0.604. The second kappa shape index (κ2) is 8.04. The van der Waals surface area contributed by atoms with Gasteiger partial charge in [0.25, 0.3) is 0 Å². The first-order valence-corrected chi connectivity index (χ1v) is 10.7. The number of ether oxygens (including phenoxy) is 1. The third kappa shape index (κ3) is 3.47. The van der Waals surface area contributed by atoms with Crippen molar-refractivity contribution in [1.29, 1.82) is 0 Å². The van der Waals surface area contributed by atoms with Crippen LogP contribution in [0.3, 0.4) is 0 Å². The van der Waals surface area contributed by atoms with Gasteiger partial charge in [0.1, 0.15) is 6.61 Å². The Kier molecular flexibility index (Phi) is 5.05. The van der Waals surface area contributed by atoms with Crippen molar-refractivity contribution in [1.82, 2.24) is 4.90 Å². The van der Waals surface area contributed by atoms with Crippen LogP contribution >= 0.6 is 0 Å². The van der Waals surface area contributed by atoms with Crippen LogP contribution in [0.25, 0.3) is 11.1 Å². The second-order valence-corrected chi connectivity index (χ2v) is 8.43. The average Bonchev–Trinajstić information content (AvgIpc) is 3.39. The first kappa shape index (κ1) is 20.1. The normalized spacial score (nSPS) is 19.4. The fourth-order valence-corrected chi connectivity index (χ4v) is 4.97. The maximum atomic E-state index is 12.9. The Labute approximate surface area is 186 Å². The van der Waals surface area contributed by atoms with Crippen LogP contribution in [0, 0.1) is 5.92 Å². The van der Waals surface area contributed by atoms with Gasteiger partial charge in [-0.15, -0.1) is 0 Å². The van der Waals surface area contributed by atoms with Crippen molar-refractivity contribution < 1.29 is 19.4 Å². The van der Waals surface area contributed by atoms with E-state index in [4.69, 9.17) is 10.5 Å². The molecule has 1 saturated heterocycles. The number of anilines is 1. The summed E-state index contributed by atoms with van der Waals surface area (Å²) in [5.41, 5.74) is 11.9. The summed E-state index contributed by atoms with van der Waals surface area (Å²) >= 11 is 0. The average molecular weight is 428 g/mol. The van der Waals surface area contributed by atoms with Gasteiger partial charge in [-0.1, -0.05) is 60.7 Å². The zero-order chi connectivity index (χ0) is 22.2. The molecule has 6 nitrogen and oxygen atoms in total. The second-order valence-electron chi connectivity index (χ2n) is 8.43. The van der Waals surface area contributed by atoms with Gasteiger partial charge in [0.15, 0.2) is 0 Å². The Morgan fingerprint density at radius 2 is 1.50 bits per heavy atom. The van der Waals surface area contributed by atoms with Gasteiger partial charge in [-0.2, -0.15) is 0 Å². The molecule has 0 radical (unpaired) electrons. The molecule has 0 unspecified atom stereocenters. The van der Waals surface area contributed by atoms with Crippen LogP contribution in [-0.4, -0.2) is 41.8 Å². The zero-order valence-corrected chi connectivity index (χ0v) is 17.5. The molecule has 1 heterocycles. The molecule has 0 spiro atoms. The number of hydrogen-bond donors (Lipinski definition) is 2. The minimum Gasteiger partial charge on any atom is -0.481 e. The van der Waals surface area contributed by atoms with Crippen LogP contribution in [0.2, 0.25) is 0 Å². The summed E-state index contributed by atoms with van der Waals surface area (Å²) in [6.45, 7) is 0.645. The summed E-state index contributed by atoms with van der Waals surface area (Å²) in [7, 11) is 0. The van der Waals surface area contributed by atoms with Gasteiger partial charge in [-0.3, -0.25) is 4.79 Å². The Morgan fingerprint density at radius 1 is 0.906 bits per heavy atom. The van der Waals surface area contributed by atoms with E-state index in [0.717, 1.165) is 16.7 Å². The standard InChI is InChI=1S/C26H24N2O4/c27-17-11-9-16(10-12-17)22-13-28(14-23(22)25(29)30)26(31)32-15-24-20-7-3-1-5-18(20)19-6-2-4-8-21(19)24/h1-12,22-24H,13-15,27H2,(H,29,30)/t22-,23+/m0/s1. The smallest absolute Gasteiger partial charge is 0.409 e. The van der Waals surface area contributed by atoms with Gasteiger partial charge < -0.3 is 20.5 Å². The van der Waals surface area contributed by atoms with Gasteiger partial charge in [0, 0.05) is 30.6 Å². The van der Waals surface area contributed by atoms with E-state index in [0.29, 0.717) is 12.2 Å². The predicted octanol–water partition coefficient (Wildman–Crippen LogP) is 4.32. The van der Waals surface area contributed by atoms with E-state index in [9.17, 15) is 14.7 Å². The van der Waals surface area contributed by atoms with E-state index >= 15 is 0 Å². The topological polar surface area (TPSA) is 92.9 Å². The number of carboxylic acid groups (broad SMARTS) is 1. The van der Waals surface area contributed by atoms with Crippen LogP contribution in [-0.2, 0) is 9.53 Å². The number of rotatable bonds is 4. The third-order valence-corrected chi connectivity index (χ3v) is 6.60. The van der Waals surface area contributed by atoms with E-state index in [1.807, 2.05) is 36.4 Å². The molecule has 1 aliphatic heterocycles. The molecule has 32 heavy (non-hydrogen) atoms. The number of fused-ring (bicyclic) bond motifs is 3. The molecule has 1 fully saturated rings. The first-order chi connectivity index (χ1) is 15.5. The molecule has 0 bridgehead atoms. The Hall–Kier alpha value is -3.80. The summed E-state index contributed by atoms with van der Waals surface area (Å²) in [5, 5.41) is 9.72.